The zero-order valence-electron chi connectivity index (χ0n) is 14.0. The van der Waals surface area contributed by atoms with E-state index in [4.69, 9.17) is 14.2 Å². The molecule has 1 aliphatic heterocycles. The fourth-order valence-corrected chi connectivity index (χ4v) is 2.41. The third-order valence-electron chi connectivity index (χ3n) is 3.67. The van der Waals surface area contributed by atoms with Crippen molar-refractivity contribution in [3.63, 3.8) is 0 Å². The van der Waals surface area contributed by atoms with E-state index in [1.807, 2.05) is 18.2 Å². The van der Waals surface area contributed by atoms with Crippen molar-refractivity contribution in [2.45, 2.75) is 19.6 Å². The van der Waals surface area contributed by atoms with Crippen LogP contribution in [0.15, 0.2) is 42.5 Å². The minimum atomic E-state index is -0.585. The predicted molar refractivity (Wildman–Crippen MR) is 92.2 cm³/mol. The molecule has 0 radical (unpaired) electrons. The van der Waals surface area contributed by atoms with Gasteiger partial charge in [0.2, 0.25) is 0 Å². The van der Waals surface area contributed by atoms with Gasteiger partial charge in [0.25, 0.3) is 5.91 Å². The van der Waals surface area contributed by atoms with Crippen LogP contribution in [0.25, 0.3) is 0 Å². The summed E-state index contributed by atoms with van der Waals surface area (Å²) < 4.78 is 16.8. The Balaban J connectivity index is 1.61. The monoisotopic (exact) mass is 343 g/mol. The fraction of sp³-hybridized carbons (Fsp3) is 0.316. The number of rotatable bonds is 6. The van der Waals surface area contributed by atoms with E-state index in [9.17, 15) is 9.90 Å². The average Bonchev–Trinajstić information content (AvgIpc) is 2.64. The molecule has 2 aromatic rings. The van der Waals surface area contributed by atoms with Gasteiger partial charge in [-0.2, -0.15) is 0 Å². The molecule has 0 aliphatic carbocycles. The van der Waals surface area contributed by atoms with Gasteiger partial charge in [-0.25, -0.2) is 0 Å². The van der Waals surface area contributed by atoms with Gasteiger partial charge < -0.3 is 24.6 Å². The first-order valence-corrected chi connectivity index (χ1v) is 8.19. The molecule has 0 unspecified atom stereocenters. The van der Waals surface area contributed by atoms with Gasteiger partial charge in [-0.15, -0.1) is 0 Å². The van der Waals surface area contributed by atoms with Gasteiger partial charge in [0.15, 0.2) is 11.5 Å². The lowest BCUT2D eigenvalue weighted by Gasteiger charge is -2.19. The summed E-state index contributed by atoms with van der Waals surface area (Å²) in [4.78, 5) is 12.0. The van der Waals surface area contributed by atoms with E-state index in [2.05, 4.69) is 5.32 Å². The van der Waals surface area contributed by atoms with E-state index in [0.29, 0.717) is 31.1 Å². The van der Waals surface area contributed by atoms with Gasteiger partial charge in [-0.1, -0.05) is 12.1 Å². The molecule has 2 N–H and O–H groups in total. The van der Waals surface area contributed by atoms with Crippen LogP contribution in [0.3, 0.4) is 0 Å². The third kappa shape index (κ3) is 4.64. The molecule has 0 saturated carbocycles. The van der Waals surface area contributed by atoms with Gasteiger partial charge in [0.1, 0.15) is 25.6 Å². The highest BCUT2D eigenvalue weighted by molar-refractivity contribution is 5.94. The normalized spacial score (nSPS) is 13.8. The van der Waals surface area contributed by atoms with Crippen LogP contribution in [-0.2, 0) is 6.61 Å². The van der Waals surface area contributed by atoms with Crippen molar-refractivity contribution in [3.05, 3.63) is 53.6 Å². The molecular formula is C19H21NO5. The Bertz CT molecular complexity index is 744. The number of aliphatic hydroxyl groups is 1. The molecule has 0 spiro atoms. The van der Waals surface area contributed by atoms with Gasteiger partial charge in [-0.3, -0.25) is 4.79 Å². The van der Waals surface area contributed by atoms with Gasteiger partial charge in [0.05, 0.1) is 6.10 Å². The van der Waals surface area contributed by atoms with Gasteiger partial charge >= 0.3 is 0 Å². The van der Waals surface area contributed by atoms with Crippen molar-refractivity contribution in [1.29, 1.82) is 0 Å². The second-order valence-electron chi connectivity index (χ2n) is 5.85. The van der Waals surface area contributed by atoms with E-state index in [-0.39, 0.29) is 12.5 Å². The smallest absolute Gasteiger partial charge is 0.251 e. The van der Waals surface area contributed by atoms with Gasteiger partial charge in [0, 0.05) is 12.1 Å². The molecule has 1 amide bonds. The number of benzene rings is 2. The number of fused-ring (bicyclic) bond motifs is 1. The quantitative estimate of drug-likeness (QED) is 0.840. The molecule has 6 nitrogen and oxygen atoms in total. The van der Waals surface area contributed by atoms with Crippen molar-refractivity contribution >= 4 is 5.91 Å². The van der Waals surface area contributed by atoms with Crippen molar-refractivity contribution in [2.75, 3.05) is 19.8 Å². The summed E-state index contributed by atoms with van der Waals surface area (Å²) in [6.07, 6.45) is -0.585. The van der Waals surface area contributed by atoms with Crippen LogP contribution in [0.4, 0.5) is 0 Å². The minimum Gasteiger partial charge on any atom is -0.489 e. The lowest BCUT2D eigenvalue weighted by atomic mass is 10.2. The number of hydrogen-bond acceptors (Lipinski definition) is 5. The SMILES string of the molecule is C[C@@H](O)CNC(=O)c1cccc(OCc2ccc3c(c2)OCCO3)c1. The lowest BCUT2D eigenvalue weighted by molar-refractivity contribution is 0.0923. The van der Waals surface area contributed by atoms with Crippen molar-refractivity contribution in [2.24, 2.45) is 0 Å². The van der Waals surface area contributed by atoms with E-state index >= 15 is 0 Å². The summed E-state index contributed by atoms with van der Waals surface area (Å²) >= 11 is 0. The van der Waals surface area contributed by atoms with Crippen LogP contribution in [0.1, 0.15) is 22.8 Å². The summed E-state index contributed by atoms with van der Waals surface area (Å²) in [6, 6.07) is 12.6. The number of amides is 1. The molecule has 25 heavy (non-hydrogen) atoms. The molecule has 0 aromatic heterocycles. The van der Waals surface area contributed by atoms with Crippen LogP contribution in [0, 0.1) is 0 Å². The molecule has 0 saturated heterocycles. The molecular weight excluding hydrogens is 322 g/mol. The molecule has 2 aromatic carbocycles. The Morgan fingerprint density at radius 2 is 2.00 bits per heavy atom. The zero-order chi connectivity index (χ0) is 17.6. The highest BCUT2D eigenvalue weighted by atomic mass is 16.6. The Labute approximate surface area is 146 Å². The summed E-state index contributed by atoms with van der Waals surface area (Å²) in [7, 11) is 0. The second kappa shape index (κ2) is 7.90. The number of carbonyl (C=O) groups excluding carboxylic acids is 1. The standard InChI is InChI=1S/C19H21NO5/c1-13(21)11-20-19(22)15-3-2-4-16(10-15)25-12-14-5-6-17-18(9-14)24-8-7-23-17/h2-6,9-10,13,21H,7-8,11-12H2,1H3,(H,20,22)/t13-/m1/s1. The minimum absolute atomic E-state index is 0.209. The number of nitrogens with one attached hydrogen (secondary N) is 1. The molecule has 132 valence electrons. The average molecular weight is 343 g/mol. The van der Waals surface area contributed by atoms with Crippen molar-refractivity contribution < 1.29 is 24.1 Å². The molecule has 6 heteroatoms. The van der Waals surface area contributed by atoms with Crippen LogP contribution in [-0.4, -0.2) is 36.9 Å². The zero-order valence-corrected chi connectivity index (χ0v) is 14.0. The summed E-state index contributed by atoms with van der Waals surface area (Å²) in [5.41, 5.74) is 1.44. The van der Waals surface area contributed by atoms with E-state index in [1.54, 1.807) is 31.2 Å². The Morgan fingerprint density at radius 3 is 2.80 bits per heavy atom. The van der Waals surface area contributed by atoms with Crippen LogP contribution >= 0.6 is 0 Å². The predicted octanol–water partition coefficient (Wildman–Crippen LogP) is 2.15. The Morgan fingerprint density at radius 1 is 1.20 bits per heavy atom. The maximum absolute atomic E-state index is 12.0. The first kappa shape index (κ1) is 17.1. The topological polar surface area (TPSA) is 77.0 Å². The molecule has 0 fully saturated rings. The highest BCUT2D eigenvalue weighted by Crippen LogP contribution is 2.31. The highest BCUT2D eigenvalue weighted by Gasteiger charge is 2.12. The Hall–Kier alpha value is -2.73. The summed E-state index contributed by atoms with van der Waals surface area (Å²) in [5.74, 6) is 1.82. The van der Waals surface area contributed by atoms with Gasteiger partial charge in [-0.05, 0) is 42.8 Å². The number of aliphatic hydroxyl groups excluding tert-OH is 1. The van der Waals surface area contributed by atoms with Crippen molar-refractivity contribution in [1.82, 2.24) is 5.32 Å². The third-order valence-corrected chi connectivity index (χ3v) is 3.67. The summed E-state index contributed by atoms with van der Waals surface area (Å²) in [6.45, 7) is 3.29. The van der Waals surface area contributed by atoms with Crippen molar-refractivity contribution in [3.8, 4) is 17.2 Å². The first-order chi connectivity index (χ1) is 12.1. The maximum Gasteiger partial charge on any atom is 0.251 e. The van der Waals surface area contributed by atoms with E-state index in [0.717, 1.165) is 17.1 Å². The van der Waals surface area contributed by atoms with E-state index in [1.165, 1.54) is 0 Å². The second-order valence-corrected chi connectivity index (χ2v) is 5.85. The van der Waals surface area contributed by atoms with Crippen LogP contribution < -0.4 is 19.5 Å². The number of ether oxygens (including phenoxy) is 3. The lowest BCUT2D eigenvalue weighted by Crippen LogP contribution is -2.30. The largest absolute Gasteiger partial charge is 0.489 e. The molecule has 1 atom stereocenters. The summed E-state index contributed by atoms with van der Waals surface area (Å²) in [5, 5.41) is 11.9. The number of carbonyl (C=O) groups is 1. The molecule has 1 heterocycles. The maximum atomic E-state index is 12.0. The van der Waals surface area contributed by atoms with Crippen LogP contribution in [0.2, 0.25) is 0 Å². The number of hydrogen-bond donors (Lipinski definition) is 2. The molecule has 1 aliphatic rings. The fourth-order valence-electron chi connectivity index (χ4n) is 2.41. The Kier molecular flexibility index (Phi) is 5.40. The molecule has 3 rings (SSSR count). The van der Waals surface area contributed by atoms with Crippen LogP contribution in [0.5, 0.6) is 17.2 Å². The molecule has 0 bridgehead atoms. The van der Waals surface area contributed by atoms with E-state index < -0.39 is 6.10 Å². The first-order valence-electron chi connectivity index (χ1n) is 8.19.